The molecule has 0 aromatic carbocycles. The maximum Gasteiger partial charge on any atom is 0.264 e. The molecule has 15 heavy (non-hydrogen) atoms. The van der Waals surface area contributed by atoms with E-state index >= 15 is 0 Å². The first-order chi connectivity index (χ1) is 6.74. The molecule has 0 fully saturated rings. The summed E-state index contributed by atoms with van der Waals surface area (Å²) in [6, 6.07) is 0. The molecular formula is C12H24O2Si. The van der Waals surface area contributed by atoms with Crippen molar-refractivity contribution in [2.45, 2.75) is 45.8 Å². The summed E-state index contributed by atoms with van der Waals surface area (Å²) < 4.78 is 11.2. The Bertz CT molecular complexity index is 247. The van der Waals surface area contributed by atoms with E-state index in [-0.39, 0.29) is 5.04 Å². The Kier molecular flexibility index (Phi) is 5.15. The van der Waals surface area contributed by atoms with Crippen molar-refractivity contribution in [2.24, 2.45) is 0 Å². The Hall–Kier alpha value is -0.703. The summed E-state index contributed by atoms with van der Waals surface area (Å²) in [5, 5.41) is 0.195. The van der Waals surface area contributed by atoms with Gasteiger partial charge in [-0.15, -0.1) is 0 Å². The van der Waals surface area contributed by atoms with Crippen molar-refractivity contribution in [3.8, 4) is 0 Å². The molecule has 0 aliphatic rings. The number of rotatable bonds is 4. The lowest BCUT2D eigenvalue weighted by Gasteiger charge is -2.36. The highest BCUT2D eigenvalue weighted by molar-refractivity contribution is 6.74. The summed E-state index contributed by atoms with van der Waals surface area (Å²) in [5.41, 5.74) is 0. The van der Waals surface area contributed by atoms with Gasteiger partial charge in [-0.1, -0.05) is 32.9 Å². The minimum absolute atomic E-state index is 0.195. The zero-order valence-electron chi connectivity index (χ0n) is 11.0. The summed E-state index contributed by atoms with van der Waals surface area (Å²) in [7, 11) is -0.125. The minimum Gasteiger partial charge on any atom is -0.519 e. The van der Waals surface area contributed by atoms with Gasteiger partial charge in [-0.2, -0.15) is 0 Å². The van der Waals surface area contributed by atoms with Crippen LogP contribution in [0.3, 0.4) is 0 Å². The Balaban J connectivity index is 4.69. The third-order valence-electron chi connectivity index (χ3n) is 2.79. The number of ether oxygens (including phenoxy) is 1. The summed E-state index contributed by atoms with van der Waals surface area (Å²) in [6.07, 6.45) is 5.74. The van der Waals surface area contributed by atoms with Crippen LogP contribution in [0.2, 0.25) is 18.1 Å². The van der Waals surface area contributed by atoms with Gasteiger partial charge in [0.1, 0.15) is 0 Å². The Morgan fingerprint density at radius 2 is 1.73 bits per heavy atom. The van der Waals surface area contributed by atoms with Gasteiger partial charge >= 0.3 is 0 Å². The van der Waals surface area contributed by atoms with Gasteiger partial charge in [0.2, 0.25) is 0 Å². The maximum absolute atomic E-state index is 5.98. The number of hydrogen-bond donors (Lipinski definition) is 0. The van der Waals surface area contributed by atoms with Crippen molar-refractivity contribution in [1.82, 2.24) is 0 Å². The topological polar surface area (TPSA) is 18.5 Å². The van der Waals surface area contributed by atoms with Crippen LogP contribution in [0, 0.1) is 0 Å². The van der Waals surface area contributed by atoms with Crippen LogP contribution in [0.5, 0.6) is 0 Å². The first kappa shape index (κ1) is 14.3. The van der Waals surface area contributed by atoms with E-state index in [0.717, 1.165) is 0 Å². The predicted molar refractivity (Wildman–Crippen MR) is 68.2 cm³/mol. The molecule has 0 heterocycles. The summed E-state index contributed by atoms with van der Waals surface area (Å²) in [4.78, 5) is 0. The largest absolute Gasteiger partial charge is 0.519 e. The molecule has 0 aliphatic carbocycles. The fourth-order valence-corrected chi connectivity index (χ4v) is 1.68. The molecule has 0 spiro atoms. The second-order valence-corrected chi connectivity index (χ2v) is 9.80. The van der Waals surface area contributed by atoms with Gasteiger partial charge in [0, 0.05) is 6.08 Å². The first-order valence-corrected chi connectivity index (χ1v) is 8.21. The zero-order valence-corrected chi connectivity index (χ0v) is 12.0. The summed E-state index contributed by atoms with van der Waals surface area (Å²) in [6.45, 7) is 13.0. The second kappa shape index (κ2) is 5.40. The quantitative estimate of drug-likeness (QED) is 0.410. The van der Waals surface area contributed by atoms with Gasteiger partial charge in [-0.3, -0.25) is 0 Å². The molecule has 0 unspecified atom stereocenters. The monoisotopic (exact) mass is 228 g/mol. The van der Waals surface area contributed by atoms with Crippen LogP contribution >= 0.6 is 0 Å². The Labute approximate surface area is 95.1 Å². The van der Waals surface area contributed by atoms with Crippen molar-refractivity contribution in [3.63, 3.8) is 0 Å². The van der Waals surface area contributed by atoms with Crippen molar-refractivity contribution < 1.29 is 9.16 Å². The molecule has 0 amide bonds. The van der Waals surface area contributed by atoms with Crippen LogP contribution in [0.1, 0.15) is 27.7 Å². The molecule has 0 saturated carbocycles. The second-order valence-electron chi connectivity index (χ2n) is 5.08. The van der Waals surface area contributed by atoms with Crippen LogP contribution in [0.15, 0.2) is 24.2 Å². The standard InChI is InChI=1S/C12H24O2Si/c1-8-9-10-11(13-5)14-15(6,7)12(2,3)4/h8-10H,1-7H3/b9-8-,11-10+. The molecule has 0 aromatic rings. The summed E-state index contributed by atoms with van der Waals surface area (Å²) >= 11 is 0. The lowest BCUT2D eigenvalue weighted by Crippen LogP contribution is -2.40. The van der Waals surface area contributed by atoms with Gasteiger partial charge in [0.25, 0.3) is 14.3 Å². The van der Waals surface area contributed by atoms with Crippen molar-refractivity contribution in [3.05, 3.63) is 24.2 Å². The van der Waals surface area contributed by atoms with E-state index in [4.69, 9.17) is 9.16 Å². The van der Waals surface area contributed by atoms with Crippen molar-refractivity contribution >= 4 is 8.32 Å². The highest BCUT2D eigenvalue weighted by Crippen LogP contribution is 2.37. The summed E-state index contributed by atoms with van der Waals surface area (Å²) in [5.74, 6) is 0.611. The molecule has 0 atom stereocenters. The smallest absolute Gasteiger partial charge is 0.264 e. The van der Waals surface area contributed by atoms with Crippen LogP contribution in [-0.4, -0.2) is 15.4 Å². The SMILES string of the molecule is C/C=C\C=C(/OC)O[Si](C)(C)C(C)(C)C. The van der Waals surface area contributed by atoms with Crippen LogP contribution in [0.25, 0.3) is 0 Å². The van der Waals surface area contributed by atoms with Gasteiger partial charge in [0.15, 0.2) is 0 Å². The van der Waals surface area contributed by atoms with Crippen LogP contribution in [0.4, 0.5) is 0 Å². The van der Waals surface area contributed by atoms with E-state index in [1.54, 1.807) is 7.11 Å². The van der Waals surface area contributed by atoms with E-state index < -0.39 is 8.32 Å². The fourth-order valence-electron chi connectivity index (χ4n) is 0.723. The van der Waals surface area contributed by atoms with E-state index in [9.17, 15) is 0 Å². The van der Waals surface area contributed by atoms with Crippen molar-refractivity contribution in [1.29, 1.82) is 0 Å². The Morgan fingerprint density at radius 1 is 1.20 bits per heavy atom. The number of methoxy groups -OCH3 is 1. The van der Waals surface area contributed by atoms with E-state index in [1.165, 1.54) is 0 Å². The van der Waals surface area contributed by atoms with Gasteiger partial charge in [-0.05, 0) is 25.1 Å². The lowest BCUT2D eigenvalue weighted by atomic mass is 10.2. The third kappa shape index (κ3) is 4.56. The highest BCUT2D eigenvalue weighted by atomic mass is 28.4. The van der Waals surface area contributed by atoms with Gasteiger partial charge in [0.05, 0.1) is 7.11 Å². The average Bonchev–Trinajstić information content (AvgIpc) is 2.10. The molecule has 2 nitrogen and oxygen atoms in total. The molecule has 0 N–H and O–H groups in total. The van der Waals surface area contributed by atoms with Crippen LogP contribution < -0.4 is 0 Å². The van der Waals surface area contributed by atoms with Crippen molar-refractivity contribution in [2.75, 3.05) is 7.11 Å². The van der Waals surface area contributed by atoms with E-state index in [2.05, 4.69) is 33.9 Å². The number of allylic oxidation sites excluding steroid dienone is 3. The average molecular weight is 228 g/mol. The first-order valence-electron chi connectivity index (χ1n) is 5.30. The minimum atomic E-state index is -1.77. The van der Waals surface area contributed by atoms with E-state index in [1.807, 2.05) is 25.2 Å². The molecular weight excluding hydrogens is 204 g/mol. The lowest BCUT2D eigenvalue weighted by molar-refractivity contribution is 0.141. The molecule has 0 rings (SSSR count). The molecule has 88 valence electrons. The molecule has 0 bridgehead atoms. The van der Waals surface area contributed by atoms with Crippen LogP contribution in [-0.2, 0) is 9.16 Å². The molecule has 0 aromatic heterocycles. The van der Waals surface area contributed by atoms with Gasteiger partial charge < -0.3 is 9.16 Å². The van der Waals surface area contributed by atoms with Gasteiger partial charge in [-0.25, -0.2) is 0 Å². The predicted octanol–water partition coefficient (Wildman–Crippen LogP) is 4.07. The Morgan fingerprint density at radius 3 is 2.07 bits per heavy atom. The highest BCUT2D eigenvalue weighted by Gasteiger charge is 2.39. The molecule has 0 radical (unpaired) electrons. The molecule has 0 aliphatic heterocycles. The molecule has 3 heteroatoms. The number of hydrogen-bond acceptors (Lipinski definition) is 2. The third-order valence-corrected chi connectivity index (χ3v) is 7.11. The maximum atomic E-state index is 5.98. The fraction of sp³-hybridized carbons (Fsp3) is 0.667. The van der Waals surface area contributed by atoms with E-state index in [0.29, 0.717) is 5.95 Å². The molecule has 0 saturated heterocycles. The zero-order chi connectivity index (χ0) is 12.1. The normalized spacial score (nSPS) is 14.5.